The molecular weight excluding hydrogens is 382 g/mol. The zero-order valence-electron chi connectivity index (χ0n) is 15.2. The van der Waals surface area contributed by atoms with Crippen LogP contribution >= 0.6 is 24.0 Å². The second kappa shape index (κ2) is 8.55. The summed E-state index contributed by atoms with van der Waals surface area (Å²) in [4.78, 5) is 15.2. The molecule has 1 saturated heterocycles. The van der Waals surface area contributed by atoms with Gasteiger partial charge in [0, 0.05) is 6.54 Å². The van der Waals surface area contributed by atoms with Crippen LogP contribution in [0.25, 0.3) is 17.2 Å². The number of rotatable bonds is 5. The molecule has 4 heteroatoms. The van der Waals surface area contributed by atoms with Gasteiger partial charge in [0.2, 0.25) is 0 Å². The molecule has 0 atom stereocenters. The van der Waals surface area contributed by atoms with Crippen molar-refractivity contribution in [3.8, 4) is 11.1 Å². The highest BCUT2D eigenvalue weighted by Gasteiger charge is 2.31. The number of thioether (sulfide) groups is 1. The molecule has 0 aromatic heterocycles. The first kappa shape index (κ1) is 18.7. The Morgan fingerprint density at radius 3 is 2.11 bits per heavy atom. The minimum Gasteiger partial charge on any atom is -0.293 e. The third-order valence-corrected chi connectivity index (χ3v) is 6.03. The van der Waals surface area contributed by atoms with Gasteiger partial charge in [0.25, 0.3) is 5.91 Å². The van der Waals surface area contributed by atoms with Crippen molar-refractivity contribution in [1.29, 1.82) is 0 Å². The first-order valence-corrected chi connectivity index (χ1v) is 10.4. The van der Waals surface area contributed by atoms with E-state index in [1.165, 1.54) is 22.9 Å². The Morgan fingerprint density at radius 1 is 0.821 bits per heavy atom. The number of hydrogen-bond acceptors (Lipinski definition) is 3. The van der Waals surface area contributed by atoms with Crippen LogP contribution in [0.5, 0.6) is 0 Å². The molecule has 3 aromatic carbocycles. The zero-order chi connectivity index (χ0) is 19.3. The van der Waals surface area contributed by atoms with Gasteiger partial charge in [0.15, 0.2) is 0 Å². The van der Waals surface area contributed by atoms with Crippen LogP contribution in [0.15, 0.2) is 89.8 Å². The van der Waals surface area contributed by atoms with E-state index in [1.54, 1.807) is 4.90 Å². The fourth-order valence-corrected chi connectivity index (χ4v) is 4.44. The lowest BCUT2D eigenvalue weighted by Gasteiger charge is -2.14. The standard InChI is InChI=1S/C24H19NOS2/c26-23-22(28-24(27)25(23)16-15-18-7-3-1-4-8-18)17-19-11-13-21(14-12-19)20-9-5-2-6-10-20/h1-14,17H,15-16H2/b22-17-. The Kier molecular flexibility index (Phi) is 5.70. The van der Waals surface area contributed by atoms with Crippen LogP contribution in [0.3, 0.4) is 0 Å². The smallest absolute Gasteiger partial charge is 0.266 e. The fourth-order valence-electron chi connectivity index (χ4n) is 3.13. The average Bonchev–Trinajstić information content (AvgIpc) is 3.01. The minimum atomic E-state index is -0.00179. The van der Waals surface area contributed by atoms with Gasteiger partial charge in [0.05, 0.1) is 4.91 Å². The van der Waals surface area contributed by atoms with Crippen molar-refractivity contribution in [3.63, 3.8) is 0 Å². The summed E-state index contributed by atoms with van der Waals surface area (Å²) in [6.07, 6.45) is 2.73. The Labute approximate surface area is 174 Å². The molecule has 4 rings (SSSR count). The van der Waals surface area contributed by atoms with Gasteiger partial charge >= 0.3 is 0 Å². The summed E-state index contributed by atoms with van der Waals surface area (Å²) in [5, 5.41) is 0. The maximum atomic E-state index is 12.8. The van der Waals surface area contributed by atoms with Crippen molar-refractivity contribution >= 4 is 40.3 Å². The molecule has 0 unspecified atom stereocenters. The van der Waals surface area contributed by atoms with Crippen LogP contribution in [-0.4, -0.2) is 21.7 Å². The van der Waals surface area contributed by atoms with Crippen molar-refractivity contribution in [1.82, 2.24) is 4.90 Å². The van der Waals surface area contributed by atoms with Crippen molar-refractivity contribution < 1.29 is 4.79 Å². The number of benzene rings is 3. The maximum absolute atomic E-state index is 12.8. The molecule has 2 nitrogen and oxygen atoms in total. The summed E-state index contributed by atoms with van der Waals surface area (Å²) < 4.78 is 0.632. The van der Waals surface area contributed by atoms with E-state index >= 15 is 0 Å². The average molecular weight is 402 g/mol. The van der Waals surface area contributed by atoms with E-state index in [-0.39, 0.29) is 5.91 Å². The van der Waals surface area contributed by atoms with Gasteiger partial charge in [0.1, 0.15) is 4.32 Å². The molecule has 0 radical (unpaired) electrons. The maximum Gasteiger partial charge on any atom is 0.266 e. The molecular formula is C24H19NOS2. The molecule has 1 aliphatic heterocycles. The van der Waals surface area contributed by atoms with Gasteiger partial charge in [-0.25, -0.2) is 0 Å². The van der Waals surface area contributed by atoms with E-state index in [4.69, 9.17) is 12.2 Å². The number of carbonyl (C=O) groups excluding carboxylic acids is 1. The van der Waals surface area contributed by atoms with Crippen LogP contribution < -0.4 is 0 Å². The molecule has 1 aliphatic rings. The topological polar surface area (TPSA) is 20.3 Å². The van der Waals surface area contributed by atoms with Crippen molar-refractivity contribution in [2.24, 2.45) is 0 Å². The van der Waals surface area contributed by atoms with Crippen molar-refractivity contribution in [2.45, 2.75) is 6.42 Å². The molecule has 28 heavy (non-hydrogen) atoms. The Hall–Kier alpha value is -2.69. The predicted molar refractivity (Wildman–Crippen MR) is 122 cm³/mol. The van der Waals surface area contributed by atoms with Crippen LogP contribution in [0, 0.1) is 0 Å². The van der Waals surface area contributed by atoms with Gasteiger partial charge in [-0.1, -0.05) is 109 Å². The molecule has 1 amide bonds. The van der Waals surface area contributed by atoms with Gasteiger partial charge < -0.3 is 0 Å². The number of thiocarbonyl (C=S) groups is 1. The molecule has 1 heterocycles. The summed E-state index contributed by atoms with van der Waals surface area (Å²) in [6.45, 7) is 0.610. The third kappa shape index (κ3) is 4.24. The highest BCUT2D eigenvalue weighted by molar-refractivity contribution is 8.26. The summed E-state index contributed by atoms with van der Waals surface area (Å²) in [6, 6.07) is 28.7. The summed E-state index contributed by atoms with van der Waals surface area (Å²) in [7, 11) is 0. The summed E-state index contributed by atoms with van der Waals surface area (Å²) in [5.74, 6) is -0.00179. The Balaban J connectivity index is 1.46. The molecule has 0 bridgehead atoms. The van der Waals surface area contributed by atoms with E-state index in [1.807, 2.05) is 54.6 Å². The number of amides is 1. The highest BCUT2D eigenvalue weighted by Crippen LogP contribution is 2.33. The Morgan fingerprint density at radius 2 is 1.43 bits per heavy atom. The second-order valence-electron chi connectivity index (χ2n) is 6.56. The molecule has 0 aliphatic carbocycles. The van der Waals surface area contributed by atoms with Crippen molar-refractivity contribution in [3.05, 3.63) is 101 Å². The van der Waals surface area contributed by atoms with E-state index in [0.29, 0.717) is 15.8 Å². The van der Waals surface area contributed by atoms with Gasteiger partial charge in [-0.2, -0.15) is 0 Å². The van der Waals surface area contributed by atoms with E-state index in [9.17, 15) is 4.79 Å². The first-order chi connectivity index (χ1) is 13.7. The van der Waals surface area contributed by atoms with E-state index in [2.05, 4.69) is 36.4 Å². The van der Waals surface area contributed by atoms with E-state index in [0.717, 1.165) is 17.5 Å². The fraction of sp³-hybridized carbons (Fsp3) is 0.0833. The summed E-state index contributed by atoms with van der Waals surface area (Å²) >= 11 is 6.82. The van der Waals surface area contributed by atoms with Gasteiger partial charge in [-0.15, -0.1) is 0 Å². The predicted octanol–water partition coefficient (Wildman–Crippen LogP) is 5.80. The first-order valence-electron chi connectivity index (χ1n) is 9.15. The molecule has 0 saturated carbocycles. The van der Waals surface area contributed by atoms with E-state index < -0.39 is 0 Å². The zero-order valence-corrected chi connectivity index (χ0v) is 16.9. The second-order valence-corrected chi connectivity index (χ2v) is 8.23. The highest BCUT2D eigenvalue weighted by atomic mass is 32.2. The van der Waals surface area contributed by atoms with Gasteiger partial charge in [-0.05, 0) is 34.8 Å². The quantitative estimate of drug-likeness (QED) is 0.398. The SMILES string of the molecule is O=C1/C(=C/c2ccc(-c3ccccc3)cc2)SC(=S)N1CCc1ccccc1. The lowest BCUT2D eigenvalue weighted by molar-refractivity contribution is -0.122. The lowest BCUT2D eigenvalue weighted by atomic mass is 10.0. The normalized spacial score (nSPS) is 15.4. The molecule has 0 N–H and O–H groups in total. The van der Waals surface area contributed by atoms with Crippen LogP contribution in [0.4, 0.5) is 0 Å². The number of carbonyl (C=O) groups is 1. The van der Waals surface area contributed by atoms with Crippen molar-refractivity contribution in [2.75, 3.05) is 6.54 Å². The number of hydrogen-bond donors (Lipinski definition) is 0. The largest absolute Gasteiger partial charge is 0.293 e. The van der Waals surface area contributed by atoms with Crippen LogP contribution in [0.1, 0.15) is 11.1 Å². The molecule has 1 fully saturated rings. The molecule has 0 spiro atoms. The monoisotopic (exact) mass is 401 g/mol. The lowest BCUT2D eigenvalue weighted by Crippen LogP contribution is -2.30. The van der Waals surface area contributed by atoms with Crippen LogP contribution in [-0.2, 0) is 11.2 Å². The molecule has 138 valence electrons. The third-order valence-electron chi connectivity index (χ3n) is 4.66. The van der Waals surface area contributed by atoms with Crippen LogP contribution in [0.2, 0.25) is 0 Å². The molecule has 3 aromatic rings. The van der Waals surface area contributed by atoms with Gasteiger partial charge in [-0.3, -0.25) is 9.69 Å². The number of nitrogens with zero attached hydrogens (tertiary/aromatic N) is 1. The Bertz CT molecular complexity index is 1010. The minimum absolute atomic E-state index is 0.00179. The summed E-state index contributed by atoms with van der Waals surface area (Å²) in [5.41, 5.74) is 4.55.